The van der Waals surface area contributed by atoms with E-state index in [1.807, 2.05) is 0 Å². The summed E-state index contributed by atoms with van der Waals surface area (Å²) in [5.41, 5.74) is -0.343. The van der Waals surface area contributed by atoms with Crippen LogP contribution in [-0.2, 0) is 5.92 Å². The van der Waals surface area contributed by atoms with Crippen molar-refractivity contribution in [1.29, 1.82) is 0 Å². The van der Waals surface area contributed by atoms with E-state index in [1.54, 1.807) is 0 Å². The number of aromatic hydroxyl groups is 1. The third-order valence-corrected chi connectivity index (χ3v) is 1.70. The van der Waals surface area contributed by atoms with E-state index in [0.717, 1.165) is 0 Å². The van der Waals surface area contributed by atoms with Crippen molar-refractivity contribution >= 4 is 0 Å². The molecule has 0 spiro atoms. The number of para-hydroxylation sites is 1. The largest absolute Gasteiger partial charge is 0.507 e. The summed E-state index contributed by atoms with van der Waals surface area (Å²) >= 11 is 0. The third kappa shape index (κ3) is 2.15. The summed E-state index contributed by atoms with van der Waals surface area (Å²) in [4.78, 5) is 0. The molecule has 1 aromatic rings. The van der Waals surface area contributed by atoms with E-state index in [4.69, 9.17) is 5.11 Å². The molecular formula is C9H11F2NO. The average Bonchev–Trinajstić information content (AvgIpc) is 2.04. The number of alkyl halides is 2. The van der Waals surface area contributed by atoms with Crippen molar-refractivity contribution in [2.24, 2.45) is 0 Å². The number of phenols is 1. The number of rotatable bonds is 3. The molecule has 0 aliphatic heterocycles. The molecule has 0 aliphatic carbocycles. The summed E-state index contributed by atoms with van der Waals surface area (Å²) in [5, 5.41) is 11.5. The molecule has 0 saturated carbocycles. The van der Waals surface area contributed by atoms with E-state index in [9.17, 15) is 8.78 Å². The van der Waals surface area contributed by atoms with Gasteiger partial charge in [0.05, 0.1) is 12.1 Å². The third-order valence-electron chi connectivity index (χ3n) is 1.70. The predicted octanol–water partition coefficient (Wildman–Crippen LogP) is 1.70. The van der Waals surface area contributed by atoms with Gasteiger partial charge in [0.2, 0.25) is 0 Å². The highest BCUT2D eigenvalue weighted by atomic mass is 19.3. The standard InChI is InChI=1S/C9H11F2NO/c1-12-6-9(10,11)7-4-2-3-5-8(7)13/h2-5,12-13H,6H2,1H3. The predicted molar refractivity (Wildman–Crippen MR) is 45.9 cm³/mol. The van der Waals surface area contributed by atoms with Crippen LogP contribution in [0.3, 0.4) is 0 Å². The highest BCUT2D eigenvalue weighted by Gasteiger charge is 2.32. The lowest BCUT2D eigenvalue weighted by molar-refractivity contribution is -0.00333. The Morgan fingerprint density at radius 3 is 2.54 bits per heavy atom. The lowest BCUT2D eigenvalue weighted by Crippen LogP contribution is -2.28. The molecule has 13 heavy (non-hydrogen) atoms. The summed E-state index contributed by atoms with van der Waals surface area (Å²) in [6, 6.07) is 5.44. The normalized spacial score (nSPS) is 11.6. The first-order chi connectivity index (χ1) is 6.08. The zero-order chi connectivity index (χ0) is 9.90. The Morgan fingerprint density at radius 1 is 1.38 bits per heavy atom. The molecular weight excluding hydrogens is 176 g/mol. The van der Waals surface area contributed by atoms with Gasteiger partial charge in [-0.2, -0.15) is 8.78 Å². The number of hydrogen-bond acceptors (Lipinski definition) is 2. The summed E-state index contributed by atoms with van der Waals surface area (Å²) in [6.45, 7) is -0.482. The number of benzene rings is 1. The van der Waals surface area contributed by atoms with Crippen LogP contribution in [0.15, 0.2) is 24.3 Å². The molecule has 2 N–H and O–H groups in total. The molecule has 0 aliphatic rings. The van der Waals surface area contributed by atoms with Crippen LogP contribution in [0.2, 0.25) is 0 Å². The van der Waals surface area contributed by atoms with E-state index >= 15 is 0 Å². The van der Waals surface area contributed by atoms with Gasteiger partial charge in [-0.05, 0) is 19.2 Å². The maximum atomic E-state index is 13.2. The zero-order valence-electron chi connectivity index (χ0n) is 7.22. The second-order valence-electron chi connectivity index (χ2n) is 2.75. The van der Waals surface area contributed by atoms with E-state index in [1.165, 1.54) is 31.3 Å². The number of nitrogens with one attached hydrogen (secondary N) is 1. The Kier molecular flexibility index (Phi) is 2.83. The van der Waals surface area contributed by atoms with Gasteiger partial charge in [0.1, 0.15) is 5.75 Å². The fourth-order valence-electron chi connectivity index (χ4n) is 1.10. The zero-order valence-corrected chi connectivity index (χ0v) is 7.22. The molecule has 1 rings (SSSR count). The van der Waals surface area contributed by atoms with Crippen molar-refractivity contribution < 1.29 is 13.9 Å². The number of phenolic OH excluding ortho intramolecular Hbond substituents is 1. The fraction of sp³-hybridized carbons (Fsp3) is 0.333. The highest BCUT2D eigenvalue weighted by molar-refractivity contribution is 5.35. The maximum Gasteiger partial charge on any atom is 0.288 e. The molecule has 0 saturated heterocycles. The van der Waals surface area contributed by atoms with Crippen LogP contribution in [0.4, 0.5) is 8.78 Å². The van der Waals surface area contributed by atoms with Crippen molar-refractivity contribution in [2.45, 2.75) is 5.92 Å². The molecule has 0 atom stereocenters. The van der Waals surface area contributed by atoms with Gasteiger partial charge in [0, 0.05) is 0 Å². The smallest absolute Gasteiger partial charge is 0.288 e. The van der Waals surface area contributed by atoms with Gasteiger partial charge >= 0.3 is 0 Å². The first-order valence-corrected chi connectivity index (χ1v) is 3.89. The molecule has 2 nitrogen and oxygen atoms in total. The first-order valence-electron chi connectivity index (χ1n) is 3.89. The highest BCUT2D eigenvalue weighted by Crippen LogP contribution is 2.33. The van der Waals surface area contributed by atoms with Crippen molar-refractivity contribution in [1.82, 2.24) is 5.32 Å². The van der Waals surface area contributed by atoms with Gasteiger partial charge in [-0.3, -0.25) is 0 Å². The lowest BCUT2D eigenvalue weighted by Gasteiger charge is -2.16. The Bertz CT molecular complexity index is 289. The van der Waals surface area contributed by atoms with Crippen LogP contribution in [0.5, 0.6) is 5.75 Å². The number of hydrogen-bond donors (Lipinski definition) is 2. The van der Waals surface area contributed by atoms with Gasteiger partial charge in [-0.15, -0.1) is 0 Å². The van der Waals surface area contributed by atoms with Crippen LogP contribution >= 0.6 is 0 Å². The second-order valence-corrected chi connectivity index (χ2v) is 2.75. The van der Waals surface area contributed by atoms with Crippen molar-refractivity contribution in [3.63, 3.8) is 0 Å². The average molecular weight is 187 g/mol. The number of halogens is 2. The minimum absolute atomic E-state index is 0.343. The summed E-state index contributed by atoms with van der Waals surface area (Å²) in [5.74, 6) is -3.40. The van der Waals surface area contributed by atoms with Gasteiger partial charge in [0.15, 0.2) is 0 Å². The molecule has 72 valence electrons. The van der Waals surface area contributed by atoms with Gasteiger partial charge < -0.3 is 10.4 Å². The number of likely N-dealkylation sites (N-methyl/N-ethyl adjacent to an activating group) is 1. The minimum Gasteiger partial charge on any atom is -0.507 e. The Hall–Kier alpha value is -1.16. The van der Waals surface area contributed by atoms with Crippen molar-refractivity contribution in [2.75, 3.05) is 13.6 Å². The summed E-state index contributed by atoms with van der Waals surface area (Å²) in [6.07, 6.45) is 0. The van der Waals surface area contributed by atoms with Crippen LogP contribution < -0.4 is 5.32 Å². The maximum absolute atomic E-state index is 13.2. The monoisotopic (exact) mass is 187 g/mol. The Labute approximate surface area is 75.2 Å². The minimum atomic E-state index is -3.03. The molecule has 1 aromatic carbocycles. The second kappa shape index (κ2) is 3.70. The van der Waals surface area contributed by atoms with E-state index in [-0.39, 0.29) is 11.3 Å². The van der Waals surface area contributed by atoms with Crippen molar-refractivity contribution in [3.05, 3.63) is 29.8 Å². The molecule has 0 aromatic heterocycles. The summed E-state index contributed by atoms with van der Waals surface area (Å²) in [7, 11) is 1.44. The van der Waals surface area contributed by atoms with Crippen LogP contribution in [0.25, 0.3) is 0 Å². The first kappa shape index (κ1) is 9.92. The molecule has 4 heteroatoms. The Morgan fingerprint density at radius 2 is 2.00 bits per heavy atom. The van der Waals surface area contributed by atoms with Crippen LogP contribution in [0.1, 0.15) is 5.56 Å². The molecule has 0 fully saturated rings. The molecule has 0 bridgehead atoms. The van der Waals surface area contributed by atoms with Gasteiger partial charge in [-0.25, -0.2) is 0 Å². The quantitative estimate of drug-likeness (QED) is 0.754. The Balaban J connectivity index is 2.99. The molecule has 0 amide bonds. The van der Waals surface area contributed by atoms with E-state index in [0.29, 0.717) is 0 Å². The van der Waals surface area contributed by atoms with Crippen LogP contribution in [-0.4, -0.2) is 18.7 Å². The molecule has 0 radical (unpaired) electrons. The molecule has 0 unspecified atom stereocenters. The van der Waals surface area contributed by atoms with Crippen molar-refractivity contribution in [3.8, 4) is 5.75 Å². The lowest BCUT2D eigenvalue weighted by atomic mass is 10.1. The van der Waals surface area contributed by atoms with E-state index < -0.39 is 12.5 Å². The van der Waals surface area contributed by atoms with Gasteiger partial charge in [-0.1, -0.05) is 12.1 Å². The fourth-order valence-corrected chi connectivity index (χ4v) is 1.10. The van der Waals surface area contributed by atoms with E-state index in [2.05, 4.69) is 5.32 Å². The SMILES string of the molecule is CNCC(F)(F)c1ccccc1O. The van der Waals surface area contributed by atoms with Gasteiger partial charge in [0.25, 0.3) is 5.92 Å². The molecule has 0 heterocycles. The summed E-state index contributed by atoms with van der Waals surface area (Å²) < 4.78 is 26.4. The topological polar surface area (TPSA) is 32.3 Å². The van der Waals surface area contributed by atoms with Crippen LogP contribution in [0, 0.1) is 0 Å².